The molecule has 0 spiro atoms. The Bertz CT molecular complexity index is 744. The highest BCUT2D eigenvalue weighted by Crippen LogP contribution is 2.16. The number of benzene rings is 2. The minimum Gasteiger partial charge on any atom is -0.493 e. The van der Waals surface area contributed by atoms with Crippen molar-refractivity contribution in [2.45, 2.75) is 6.42 Å². The SMILES string of the molecule is C=CC(=O)OCCCOc1ccc(C(=O)ONc2ccc(Br)cc2)cc1. The van der Waals surface area contributed by atoms with E-state index in [4.69, 9.17) is 14.3 Å². The van der Waals surface area contributed by atoms with E-state index in [9.17, 15) is 9.59 Å². The fourth-order valence-electron chi connectivity index (χ4n) is 1.85. The molecule has 0 heterocycles. The summed E-state index contributed by atoms with van der Waals surface area (Å²) in [6.45, 7) is 3.96. The number of hydrogen-bond acceptors (Lipinski definition) is 6. The minimum absolute atomic E-state index is 0.261. The van der Waals surface area contributed by atoms with Gasteiger partial charge >= 0.3 is 11.9 Å². The van der Waals surface area contributed by atoms with Crippen LogP contribution in [0.2, 0.25) is 0 Å². The van der Waals surface area contributed by atoms with Crippen molar-refractivity contribution in [1.82, 2.24) is 0 Å². The van der Waals surface area contributed by atoms with E-state index >= 15 is 0 Å². The molecule has 26 heavy (non-hydrogen) atoms. The summed E-state index contributed by atoms with van der Waals surface area (Å²) >= 11 is 3.33. The zero-order valence-corrected chi connectivity index (χ0v) is 15.5. The van der Waals surface area contributed by atoms with Gasteiger partial charge < -0.3 is 14.3 Å². The molecule has 0 aromatic heterocycles. The fourth-order valence-corrected chi connectivity index (χ4v) is 2.11. The van der Waals surface area contributed by atoms with Crippen LogP contribution in [-0.2, 0) is 14.4 Å². The van der Waals surface area contributed by atoms with Crippen LogP contribution < -0.4 is 10.2 Å². The summed E-state index contributed by atoms with van der Waals surface area (Å²) in [4.78, 5) is 27.9. The number of nitrogens with one attached hydrogen (secondary N) is 1. The molecule has 0 unspecified atom stereocenters. The summed E-state index contributed by atoms with van der Waals surface area (Å²) < 4.78 is 11.3. The third-order valence-corrected chi connectivity index (χ3v) is 3.69. The second-order valence-electron chi connectivity index (χ2n) is 5.10. The molecule has 2 rings (SSSR count). The highest BCUT2D eigenvalue weighted by molar-refractivity contribution is 9.10. The largest absolute Gasteiger partial charge is 0.493 e. The van der Waals surface area contributed by atoms with Crippen LogP contribution in [0.4, 0.5) is 5.69 Å². The lowest BCUT2D eigenvalue weighted by Gasteiger charge is -2.08. The maximum Gasteiger partial charge on any atom is 0.362 e. The second-order valence-corrected chi connectivity index (χ2v) is 6.01. The van der Waals surface area contributed by atoms with E-state index in [1.54, 1.807) is 36.4 Å². The van der Waals surface area contributed by atoms with Crippen LogP contribution in [0.5, 0.6) is 5.75 Å². The molecule has 0 radical (unpaired) electrons. The van der Waals surface area contributed by atoms with E-state index in [1.807, 2.05) is 12.1 Å². The quantitative estimate of drug-likeness (QED) is 0.285. The Morgan fingerprint density at radius 3 is 2.38 bits per heavy atom. The van der Waals surface area contributed by atoms with Gasteiger partial charge in [-0.15, -0.1) is 0 Å². The van der Waals surface area contributed by atoms with Crippen molar-refractivity contribution >= 4 is 33.6 Å². The molecule has 0 saturated carbocycles. The molecule has 0 atom stereocenters. The van der Waals surface area contributed by atoms with Crippen molar-refractivity contribution in [1.29, 1.82) is 0 Å². The summed E-state index contributed by atoms with van der Waals surface area (Å²) in [6, 6.07) is 13.8. The molecule has 0 bridgehead atoms. The lowest BCUT2D eigenvalue weighted by Crippen LogP contribution is -2.10. The lowest BCUT2D eigenvalue weighted by molar-refractivity contribution is -0.137. The zero-order chi connectivity index (χ0) is 18.8. The third-order valence-electron chi connectivity index (χ3n) is 3.16. The van der Waals surface area contributed by atoms with Gasteiger partial charge in [-0.25, -0.2) is 15.1 Å². The number of esters is 1. The Balaban J connectivity index is 1.73. The molecule has 2 aromatic rings. The molecule has 0 saturated heterocycles. The predicted octanol–water partition coefficient (Wildman–Crippen LogP) is 4.13. The van der Waals surface area contributed by atoms with Crippen LogP contribution in [0.25, 0.3) is 0 Å². The smallest absolute Gasteiger partial charge is 0.362 e. The van der Waals surface area contributed by atoms with E-state index in [-0.39, 0.29) is 6.61 Å². The van der Waals surface area contributed by atoms with Gasteiger partial charge in [0.25, 0.3) is 0 Å². The van der Waals surface area contributed by atoms with Gasteiger partial charge in [0.1, 0.15) is 5.75 Å². The Morgan fingerprint density at radius 1 is 1.04 bits per heavy atom. The number of rotatable bonds is 9. The van der Waals surface area contributed by atoms with Crippen molar-refractivity contribution in [3.63, 3.8) is 0 Å². The van der Waals surface area contributed by atoms with Gasteiger partial charge in [-0.2, -0.15) is 0 Å². The lowest BCUT2D eigenvalue weighted by atomic mass is 10.2. The van der Waals surface area contributed by atoms with E-state index in [0.717, 1.165) is 10.5 Å². The monoisotopic (exact) mass is 419 g/mol. The molecule has 7 heteroatoms. The first-order valence-corrected chi connectivity index (χ1v) is 8.62. The molecule has 1 N–H and O–H groups in total. The first kappa shape index (κ1) is 19.5. The van der Waals surface area contributed by atoms with Crippen LogP contribution in [-0.4, -0.2) is 25.2 Å². The highest BCUT2D eigenvalue weighted by atomic mass is 79.9. The van der Waals surface area contributed by atoms with Crippen LogP contribution >= 0.6 is 15.9 Å². The van der Waals surface area contributed by atoms with Crippen molar-refractivity contribution in [3.8, 4) is 5.75 Å². The topological polar surface area (TPSA) is 73.9 Å². The third kappa shape index (κ3) is 6.60. The summed E-state index contributed by atoms with van der Waals surface area (Å²) in [7, 11) is 0. The van der Waals surface area contributed by atoms with Crippen LogP contribution in [0, 0.1) is 0 Å². The first-order chi connectivity index (χ1) is 12.6. The molecular formula is C19H18BrNO5. The standard InChI is InChI=1S/C19H18BrNO5/c1-2-18(22)25-13-3-12-24-17-10-4-14(5-11-17)19(23)26-21-16-8-6-15(20)7-9-16/h2,4-11,21H,1,3,12-13H2. The van der Waals surface area contributed by atoms with Crippen LogP contribution in [0.3, 0.4) is 0 Å². The van der Waals surface area contributed by atoms with E-state index in [1.165, 1.54) is 0 Å². The average molecular weight is 420 g/mol. The Labute approximate surface area is 159 Å². The normalized spacial score (nSPS) is 9.88. The molecule has 136 valence electrons. The Hall–Kier alpha value is -2.80. The summed E-state index contributed by atoms with van der Waals surface area (Å²) in [6.07, 6.45) is 1.67. The van der Waals surface area contributed by atoms with Gasteiger partial charge in [-0.1, -0.05) is 22.5 Å². The summed E-state index contributed by atoms with van der Waals surface area (Å²) in [5, 5.41) is 0. The fraction of sp³-hybridized carbons (Fsp3) is 0.158. The van der Waals surface area contributed by atoms with Gasteiger partial charge in [0, 0.05) is 17.0 Å². The first-order valence-electron chi connectivity index (χ1n) is 7.83. The average Bonchev–Trinajstić information content (AvgIpc) is 2.67. The Kier molecular flexibility index (Phi) is 7.70. The maximum atomic E-state index is 12.0. The highest BCUT2D eigenvalue weighted by Gasteiger charge is 2.08. The van der Waals surface area contributed by atoms with Crippen LogP contribution in [0.1, 0.15) is 16.8 Å². The molecule has 0 fully saturated rings. The molecule has 0 amide bonds. The number of carbonyl (C=O) groups is 2. The molecule has 0 aliphatic carbocycles. The van der Waals surface area contributed by atoms with E-state index in [0.29, 0.717) is 30.0 Å². The molecular weight excluding hydrogens is 402 g/mol. The number of anilines is 1. The van der Waals surface area contributed by atoms with Gasteiger partial charge in [-0.05, 0) is 48.5 Å². The predicted molar refractivity (Wildman–Crippen MR) is 101 cm³/mol. The number of ether oxygens (including phenoxy) is 2. The minimum atomic E-state index is -0.504. The van der Waals surface area contributed by atoms with Gasteiger partial charge in [-0.3, -0.25) is 0 Å². The second kappa shape index (κ2) is 10.2. The number of halogens is 1. The molecule has 6 nitrogen and oxygen atoms in total. The summed E-state index contributed by atoms with van der Waals surface area (Å²) in [5.41, 5.74) is 3.65. The van der Waals surface area contributed by atoms with Crippen LogP contribution in [0.15, 0.2) is 65.7 Å². The molecule has 2 aromatic carbocycles. The van der Waals surface area contributed by atoms with Crippen molar-refractivity contribution < 1.29 is 23.9 Å². The molecule has 0 aliphatic rings. The van der Waals surface area contributed by atoms with Crippen molar-refractivity contribution in [2.75, 3.05) is 18.7 Å². The number of hydrogen-bond donors (Lipinski definition) is 1. The van der Waals surface area contributed by atoms with E-state index < -0.39 is 11.9 Å². The van der Waals surface area contributed by atoms with Crippen molar-refractivity contribution in [2.24, 2.45) is 0 Å². The van der Waals surface area contributed by atoms with E-state index in [2.05, 4.69) is 28.0 Å². The number of carbonyl (C=O) groups excluding carboxylic acids is 2. The Morgan fingerprint density at radius 2 is 1.73 bits per heavy atom. The summed E-state index contributed by atoms with van der Waals surface area (Å²) in [5.74, 6) is -0.349. The molecule has 0 aliphatic heterocycles. The maximum absolute atomic E-state index is 12.0. The van der Waals surface area contributed by atoms with Crippen molar-refractivity contribution in [3.05, 3.63) is 71.2 Å². The zero-order valence-electron chi connectivity index (χ0n) is 13.9. The van der Waals surface area contributed by atoms with Gasteiger partial charge in [0.2, 0.25) is 0 Å². The van der Waals surface area contributed by atoms with Gasteiger partial charge in [0.05, 0.1) is 24.5 Å². The van der Waals surface area contributed by atoms with Gasteiger partial charge in [0.15, 0.2) is 0 Å².